The molecular weight excluding hydrogens is 178 g/mol. The fraction of sp³-hybridized carbons (Fsp3) is 0.455. The molecule has 3 heteroatoms. The number of hydrogen-bond donors (Lipinski definition) is 2. The Balaban J connectivity index is 2.93. The van der Waals surface area contributed by atoms with E-state index in [1.54, 1.807) is 11.8 Å². The van der Waals surface area contributed by atoms with Crippen LogP contribution < -0.4 is 4.90 Å². The van der Waals surface area contributed by atoms with Crippen molar-refractivity contribution in [1.82, 2.24) is 0 Å². The average Bonchev–Trinajstić information content (AvgIpc) is 2.20. The maximum atomic E-state index is 9.72. The second kappa shape index (κ2) is 4.44. The van der Waals surface area contributed by atoms with Crippen LogP contribution >= 0.6 is 0 Å². The minimum Gasteiger partial charge on any atom is -0.349 e. The van der Waals surface area contributed by atoms with E-state index in [2.05, 4.69) is 0 Å². The second-order valence-corrected chi connectivity index (χ2v) is 3.21. The molecule has 2 N–H and O–H groups in total. The molecule has 1 rings (SSSR count). The quantitative estimate of drug-likeness (QED) is 0.717. The lowest BCUT2D eigenvalue weighted by molar-refractivity contribution is -0.161. The number of nitrogens with zero attached hydrogens (tertiary/aromatic N) is 1. The molecule has 0 atom stereocenters. The molecule has 0 amide bonds. The van der Waals surface area contributed by atoms with Crippen LogP contribution in [0.2, 0.25) is 0 Å². The highest BCUT2D eigenvalue weighted by Crippen LogP contribution is 2.22. The van der Waals surface area contributed by atoms with E-state index in [-0.39, 0.29) is 6.42 Å². The van der Waals surface area contributed by atoms with Gasteiger partial charge in [-0.1, -0.05) is 25.1 Å². The third kappa shape index (κ3) is 2.25. The molecule has 0 radical (unpaired) electrons. The maximum Gasteiger partial charge on any atom is 0.246 e. The van der Waals surface area contributed by atoms with Crippen molar-refractivity contribution in [1.29, 1.82) is 0 Å². The molecule has 14 heavy (non-hydrogen) atoms. The summed E-state index contributed by atoms with van der Waals surface area (Å²) in [5.74, 6) is -1.75. The minimum absolute atomic E-state index is 0.274. The van der Waals surface area contributed by atoms with Gasteiger partial charge >= 0.3 is 0 Å². The van der Waals surface area contributed by atoms with Gasteiger partial charge in [0, 0.05) is 18.7 Å². The first-order valence-corrected chi connectivity index (χ1v) is 4.89. The Labute approximate surface area is 84.6 Å². The highest BCUT2D eigenvalue weighted by Gasteiger charge is 2.28. The van der Waals surface area contributed by atoms with Crippen molar-refractivity contribution >= 4 is 5.69 Å². The smallest absolute Gasteiger partial charge is 0.246 e. The van der Waals surface area contributed by atoms with Crippen molar-refractivity contribution in [3.8, 4) is 0 Å². The van der Waals surface area contributed by atoms with Crippen molar-refractivity contribution in [3.63, 3.8) is 0 Å². The predicted molar refractivity (Wildman–Crippen MR) is 56.9 cm³/mol. The van der Waals surface area contributed by atoms with E-state index >= 15 is 0 Å². The van der Waals surface area contributed by atoms with Crippen LogP contribution in [0.4, 0.5) is 5.69 Å². The van der Waals surface area contributed by atoms with Crippen LogP contribution in [0, 0.1) is 0 Å². The molecule has 0 aliphatic heterocycles. The summed E-state index contributed by atoms with van der Waals surface area (Å²) < 4.78 is 0. The molecule has 0 spiro atoms. The van der Waals surface area contributed by atoms with E-state index in [4.69, 9.17) is 0 Å². The zero-order chi connectivity index (χ0) is 10.6. The molecule has 0 aromatic heterocycles. The number of rotatable bonds is 4. The molecule has 0 aliphatic carbocycles. The third-order valence-electron chi connectivity index (χ3n) is 2.29. The molecule has 0 saturated carbocycles. The van der Waals surface area contributed by atoms with Gasteiger partial charge in [0.05, 0.1) is 0 Å². The van der Waals surface area contributed by atoms with E-state index in [1.807, 2.05) is 37.3 Å². The lowest BCUT2D eigenvalue weighted by atomic mass is 10.2. The summed E-state index contributed by atoms with van der Waals surface area (Å²) in [6.07, 6.45) is 0.274. The zero-order valence-electron chi connectivity index (χ0n) is 8.64. The first kappa shape index (κ1) is 11.0. The zero-order valence-corrected chi connectivity index (χ0v) is 8.64. The Hall–Kier alpha value is -1.06. The Morgan fingerprint density at radius 2 is 1.71 bits per heavy atom. The largest absolute Gasteiger partial charge is 0.349 e. The number of aliphatic hydroxyl groups is 2. The van der Waals surface area contributed by atoms with Crippen molar-refractivity contribution in [2.24, 2.45) is 0 Å². The van der Waals surface area contributed by atoms with E-state index in [1.165, 1.54) is 0 Å². The van der Waals surface area contributed by atoms with Crippen LogP contribution in [0.3, 0.4) is 0 Å². The molecule has 1 aromatic carbocycles. The van der Waals surface area contributed by atoms with Crippen LogP contribution in [0.1, 0.15) is 20.3 Å². The van der Waals surface area contributed by atoms with Gasteiger partial charge < -0.3 is 15.1 Å². The van der Waals surface area contributed by atoms with Crippen molar-refractivity contribution < 1.29 is 10.2 Å². The summed E-state index contributed by atoms with van der Waals surface area (Å²) >= 11 is 0. The van der Waals surface area contributed by atoms with Gasteiger partial charge in [-0.2, -0.15) is 0 Å². The maximum absolute atomic E-state index is 9.72. The van der Waals surface area contributed by atoms with Gasteiger partial charge in [0.1, 0.15) is 0 Å². The van der Waals surface area contributed by atoms with Gasteiger partial charge in [0.2, 0.25) is 5.91 Å². The predicted octanol–water partition coefficient (Wildman–Crippen LogP) is 1.56. The van der Waals surface area contributed by atoms with Crippen molar-refractivity contribution in [2.45, 2.75) is 26.2 Å². The molecule has 0 saturated heterocycles. The fourth-order valence-corrected chi connectivity index (χ4v) is 1.44. The van der Waals surface area contributed by atoms with Crippen molar-refractivity contribution in [3.05, 3.63) is 30.3 Å². The summed E-state index contributed by atoms with van der Waals surface area (Å²) in [6.45, 7) is 4.19. The first-order chi connectivity index (χ1) is 6.61. The molecule has 1 aromatic rings. The molecule has 0 aliphatic rings. The van der Waals surface area contributed by atoms with Crippen LogP contribution in [0.15, 0.2) is 30.3 Å². The minimum atomic E-state index is -1.75. The van der Waals surface area contributed by atoms with Crippen LogP contribution in [0.25, 0.3) is 0 Å². The highest BCUT2D eigenvalue weighted by atomic mass is 16.5. The SMILES string of the molecule is CCN(c1ccccc1)C(O)(O)CC. The van der Waals surface area contributed by atoms with E-state index in [0.29, 0.717) is 6.54 Å². The summed E-state index contributed by atoms with van der Waals surface area (Å²) in [6, 6.07) is 9.38. The Bertz CT molecular complexity index is 272. The lowest BCUT2D eigenvalue weighted by Gasteiger charge is -2.35. The molecular formula is C11H17NO2. The Morgan fingerprint density at radius 1 is 1.14 bits per heavy atom. The normalized spacial score (nSPS) is 11.4. The summed E-state index contributed by atoms with van der Waals surface area (Å²) in [5, 5.41) is 19.4. The molecule has 0 unspecified atom stereocenters. The van der Waals surface area contributed by atoms with Gasteiger partial charge in [-0.3, -0.25) is 0 Å². The third-order valence-corrected chi connectivity index (χ3v) is 2.29. The number of hydrogen-bond acceptors (Lipinski definition) is 3. The average molecular weight is 195 g/mol. The first-order valence-electron chi connectivity index (χ1n) is 4.89. The standard InChI is InChI=1S/C11H17NO2/c1-3-11(13,14)12(4-2)10-8-6-5-7-9-10/h5-9,13-14H,3-4H2,1-2H3. The van der Waals surface area contributed by atoms with Crippen LogP contribution in [-0.2, 0) is 0 Å². The molecule has 78 valence electrons. The second-order valence-electron chi connectivity index (χ2n) is 3.21. The van der Waals surface area contributed by atoms with E-state index in [0.717, 1.165) is 5.69 Å². The van der Waals surface area contributed by atoms with Gasteiger partial charge in [0.25, 0.3) is 0 Å². The van der Waals surface area contributed by atoms with Crippen molar-refractivity contribution in [2.75, 3.05) is 11.4 Å². The van der Waals surface area contributed by atoms with E-state index in [9.17, 15) is 10.2 Å². The molecule has 0 heterocycles. The van der Waals surface area contributed by atoms with Gasteiger partial charge in [-0.15, -0.1) is 0 Å². The Kier molecular flexibility index (Phi) is 3.49. The van der Waals surface area contributed by atoms with Gasteiger partial charge in [0.15, 0.2) is 0 Å². The number of benzene rings is 1. The van der Waals surface area contributed by atoms with E-state index < -0.39 is 5.91 Å². The topological polar surface area (TPSA) is 43.7 Å². The molecule has 0 bridgehead atoms. The van der Waals surface area contributed by atoms with Crippen LogP contribution in [0.5, 0.6) is 0 Å². The van der Waals surface area contributed by atoms with Gasteiger partial charge in [-0.05, 0) is 19.1 Å². The molecule has 3 nitrogen and oxygen atoms in total. The fourth-order valence-electron chi connectivity index (χ4n) is 1.44. The monoisotopic (exact) mass is 195 g/mol. The summed E-state index contributed by atoms with van der Waals surface area (Å²) in [5.41, 5.74) is 0.821. The summed E-state index contributed by atoms with van der Waals surface area (Å²) in [4.78, 5) is 1.56. The number of anilines is 1. The lowest BCUT2D eigenvalue weighted by Crippen LogP contribution is -2.48. The van der Waals surface area contributed by atoms with Gasteiger partial charge in [-0.25, -0.2) is 0 Å². The summed E-state index contributed by atoms with van der Waals surface area (Å²) in [7, 11) is 0. The Morgan fingerprint density at radius 3 is 2.14 bits per heavy atom. The molecule has 0 fully saturated rings. The highest BCUT2D eigenvalue weighted by molar-refractivity contribution is 5.47. The van der Waals surface area contributed by atoms with Crippen LogP contribution in [-0.4, -0.2) is 22.7 Å². The number of para-hydroxylation sites is 1.